The van der Waals surface area contributed by atoms with Crippen LogP contribution in [0, 0.1) is 0 Å². The predicted octanol–water partition coefficient (Wildman–Crippen LogP) is 3.17. The fraction of sp³-hybridized carbons (Fsp3) is 0. The Morgan fingerprint density at radius 2 is 2.29 bits per heavy atom. The molecule has 5 heteroatoms. The first-order valence-electron chi connectivity index (χ1n) is 3.88. The van der Waals surface area contributed by atoms with Gasteiger partial charge in [0.25, 0.3) is 5.19 Å². The lowest BCUT2D eigenvalue weighted by molar-refractivity contribution is 0.481. The molecule has 0 saturated heterocycles. The van der Waals surface area contributed by atoms with Gasteiger partial charge in [0.1, 0.15) is 0 Å². The van der Waals surface area contributed by atoms with E-state index in [2.05, 4.69) is 4.98 Å². The molecule has 2 rings (SSSR count). The summed E-state index contributed by atoms with van der Waals surface area (Å²) in [5.74, 6) is 0.573. The third-order valence-electron chi connectivity index (χ3n) is 1.58. The molecule has 1 aromatic heterocycles. The molecule has 0 amide bonds. The van der Waals surface area contributed by atoms with E-state index < -0.39 is 0 Å². The molecule has 0 atom stereocenters. The minimum Gasteiger partial charge on any atom is -0.429 e. The molecule has 3 nitrogen and oxygen atoms in total. The Labute approximate surface area is 90.1 Å². The molecule has 14 heavy (non-hydrogen) atoms. The topological polar surface area (TPSA) is 48.1 Å². The van der Waals surface area contributed by atoms with Crippen molar-refractivity contribution < 1.29 is 4.74 Å². The Morgan fingerprint density at radius 1 is 1.43 bits per heavy atom. The van der Waals surface area contributed by atoms with Crippen molar-refractivity contribution in [3.63, 3.8) is 0 Å². The van der Waals surface area contributed by atoms with E-state index in [1.807, 2.05) is 5.38 Å². The molecule has 0 aliphatic carbocycles. The van der Waals surface area contributed by atoms with Crippen LogP contribution in [0.2, 0.25) is 5.02 Å². The summed E-state index contributed by atoms with van der Waals surface area (Å²) in [5.41, 5.74) is 6.21. The fourth-order valence-corrected chi connectivity index (χ4v) is 1.65. The van der Waals surface area contributed by atoms with Crippen LogP contribution in [0.25, 0.3) is 0 Å². The van der Waals surface area contributed by atoms with Crippen molar-refractivity contribution in [2.75, 3.05) is 5.73 Å². The monoisotopic (exact) mass is 226 g/mol. The molecule has 0 fully saturated rings. The van der Waals surface area contributed by atoms with Crippen LogP contribution in [-0.4, -0.2) is 4.98 Å². The summed E-state index contributed by atoms with van der Waals surface area (Å²) < 4.78 is 5.43. The van der Waals surface area contributed by atoms with E-state index in [-0.39, 0.29) is 0 Å². The quantitative estimate of drug-likeness (QED) is 0.801. The first-order valence-corrected chi connectivity index (χ1v) is 5.14. The lowest BCUT2D eigenvalue weighted by Gasteiger charge is -2.04. The maximum atomic E-state index is 5.75. The Kier molecular flexibility index (Phi) is 2.56. The number of benzene rings is 1. The van der Waals surface area contributed by atoms with Gasteiger partial charge in [-0.3, -0.25) is 0 Å². The molecule has 0 aliphatic rings. The molecule has 0 bridgehead atoms. The van der Waals surface area contributed by atoms with E-state index >= 15 is 0 Å². The molecule has 0 spiro atoms. The van der Waals surface area contributed by atoms with Crippen LogP contribution in [0.3, 0.4) is 0 Å². The number of aromatic nitrogens is 1. The van der Waals surface area contributed by atoms with E-state index in [0.29, 0.717) is 21.7 Å². The molecular formula is C9H7ClN2OS. The van der Waals surface area contributed by atoms with Crippen LogP contribution in [0.1, 0.15) is 0 Å². The maximum Gasteiger partial charge on any atom is 0.278 e. The summed E-state index contributed by atoms with van der Waals surface area (Å²) in [6.45, 7) is 0. The number of thiazole rings is 1. The van der Waals surface area contributed by atoms with Crippen LogP contribution in [-0.2, 0) is 0 Å². The summed E-state index contributed by atoms with van der Waals surface area (Å²) in [6.07, 6.45) is 1.67. The summed E-state index contributed by atoms with van der Waals surface area (Å²) in [4.78, 5) is 3.98. The predicted molar refractivity (Wildman–Crippen MR) is 58.1 cm³/mol. The van der Waals surface area contributed by atoms with Gasteiger partial charge in [0.2, 0.25) is 0 Å². The number of hydrogen-bond acceptors (Lipinski definition) is 4. The van der Waals surface area contributed by atoms with Gasteiger partial charge in [-0.05, 0) is 18.2 Å². The first kappa shape index (κ1) is 9.30. The molecule has 0 unspecified atom stereocenters. The van der Waals surface area contributed by atoms with Crippen molar-refractivity contribution in [2.45, 2.75) is 0 Å². The average molecular weight is 227 g/mol. The van der Waals surface area contributed by atoms with Gasteiger partial charge in [-0.25, -0.2) is 4.98 Å². The highest BCUT2D eigenvalue weighted by atomic mass is 35.5. The number of anilines is 1. The molecule has 0 saturated carbocycles. The molecule has 72 valence electrons. The summed E-state index contributed by atoms with van der Waals surface area (Å²) in [5, 5.41) is 2.99. The Balaban J connectivity index is 2.25. The van der Waals surface area contributed by atoms with E-state index in [4.69, 9.17) is 22.1 Å². The number of nitrogens with zero attached hydrogens (tertiary/aromatic N) is 1. The smallest absolute Gasteiger partial charge is 0.278 e. The number of halogens is 1. The number of nitrogens with two attached hydrogens (primary N) is 1. The van der Waals surface area contributed by atoms with Crippen molar-refractivity contribution in [2.24, 2.45) is 0 Å². The SMILES string of the molecule is Nc1cc(Cl)ccc1Oc1nccs1. The second kappa shape index (κ2) is 3.86. The van der Waals surface area contributed by atoms with Crippen molar-refractivity contribution in [3.05, 3.63) is 34.8 Å². The van der Waals surface area contributed by atoms with Gasteiger partial charge in [0, 0.05) is 16.6 Å². The number of nitrogen functional groups attached to an aromatic ring is 1. The molecule has 1 heterocycles. The van der Waals surface area contributed by atoms with Gasteiger partial charge in [-0.1, -0.05) is 22.9 Å². The van der Waals surface area contributed by atoms with E-state index in [1.165, 1.54) is 11.3 Å². The van der Waals surface area contributed by atoms with Gasteiger partial charge in [-0.2, -0.15) is 0 Å². The van der Waals surface area contributed by atoms with Crippen LogP contribution in [0.5, 0.6) is 10.9 Å². The number of ether oxygens (including phenoxy) is 1. The van der Waals surface area contributed by atoms with Crippen LogP contribution in [0.4, 0.5) is 5.69 Å². The molecule has 0 aliphatic heterocycles. The van der Waals surface area contributed by atoms with Gasteiger partial charge < -0.3 is 10.5 Å². The Morgan fingerprint density at radius 3 is 2.93 bits per heavy atom. The minimum absolute atomic E-state index is 0.507. The number of hydrogen-bond donors (Lipinski definition) is 1. The first-order chi connectivity index (χ1) is 6.75. The third-order valence-corrected chi connectivity index (χ3v) is 2.46. The van der Waals surface area contributed by atoms with Gasteiger partial charge in [-0.15, -0.1) is 0 Å². The third kappa shape index (κ3) is 1.97. The molecule has 2 aromatic rings. The van der Waals surface area contributed by atoms with E-state index in [9.17, 15) is 0 Å². The standard InChI is InChI=1S/C9H7ClN2OS/c10-6-1-2-8(7(11)5-6)13-9-12-3-4-14-9/h1-5H,11H2. The van der Waals surface area contributed by atoms with Gasteiger partial charge >= 0.3 is 0 Å². The van der Waals surface area contributed by atoms with Crippen LogP contribution >= 0.6 is 22.9 Å². The number of rotatable bonds is 2. The zero-order chi connectivity index (χ0) is 9.97. The van der Waals surface area contributed by atoms with Crippen molar-refractivity contribution in [1.29, 1.82) is 0 Å². The zero-order valence-corrected chi connectivity index (χ0v) is 8.68. The highest BCUT2D eigenvalue weighted by Crippen LogP contribution is 2.30. The summed E-state index contributed by atoms with van der Waals surface area (Å²) in [7, 11) is 0. The minimum atomic E-state index is 0.507. The molecule has 0 radical (unpaired) electrons. The lowest BCUT2D eigenvalue weighted by atomic mass is 10.3. The average Bonchev–Trinajstić information content (AvgIpc) is 2.62. The highest BCUT2D eigenvalue weighted by molar-refractivity contribution is 7.11. The highest BCUT2D eigenvalue weighted by Gasteiger charge is 2.03. The van der Waals surface area contributed by atoms with Gasteiger partial charge in [0.05, 0.1) is 5.69 Å². The van der Waals surface area contributed by atoms with Crippen molar-refractivity contribution >= 4 is 28.6 Å². The van der Waals surface area contributed by atoms with E-state index in [1.54, 1.807) is 24.4 Å². The molecular weight excluding hydrogens is 220 g/mol. The fourth-order valence-electron chi connectivity index (χ4n) is 0.967. The second-order valence-corrected chi connectivity index (χ2v) is 3.88. The van der Waals surface area contributed by atoms with Crippen molar-refractivity contribution in [1.82, 2.24) is 4.98 Å². The molecule has 1 aromatic carbocycles. The maximum absolute atomic E-state index is 5.75. The Hall–Kier alpha value is -1.26. The van der Waals surface area contributed by atoms with Crippen molar-refractivity contribution in [3.8, 4) is 10.9 Å². The zero-order valence-electron chi connectivity index (χ0n) is 7.11. The van der Waals surface area contributed by atoms with Crippen LogP contribution < -0.4 is 10.5 Å². The second-order valence-electron chi connectivity index (χ2n) is 2.58. The lowest BCUT2D eigenvalue weighted by Crippen LogP contribution is -1.91. The van der Waals surface area contributed by atoms with Gasteiger partial charge in [0.15, 0.2) is 5.75 Å². The molecule has 2 N–H and O–H groups in total. The normalized spacial score (nSPS) is 10.1. The largest absolute Gasteiger partial charge is 0.429 e. The summed E-state index contributed by atoms with van der Waals surface area (Å²) in [6, 6.07) is 5.09. The Bertz CT molecular complexity index is 430. The van der Waals surface area contributed by atoms with E-state index in [0.717, 1.165) is 0 Å². The summed E-state index contributed by atoms with van der Waals surface area (Å²) >= 11 is 7.16. The van der Waals surface area contributed by atoms with Crippen LogP contribution in [0.15, 0.2) is 29.8 Å².